The number of hydrogen-bond acceptors (Lipinski definition) is 3. The predicted molar refractivity (Wildman–Crippen MR) is 84.9 cm³/mol. The standard InChI is InChI=1S/C17H18N4O/c1-12(2)16-15(14-8-5-4-6-9-14)13(3)21(19-16)17(22)20-11-7-10-18-20/h4-12H,1-3H3. The van der Waals surface area contributed by atoms with Crippen LogP contribution < -0.4 is 0 Å². The second-order valence-corrected chi connectivity index (χ2v) is 5.51. The topological polar surface area (TPSA) is 52.7 Å². The maximum Gasteiger partial charge on any atom is 0.369 e. The minimum Gasteiger partial charge on any atom is -0.244 e. The zero-order chi connectivity index (χ0) is 15.7. The molecule has 0 amide bonds. The largest absolute Gasteiger partial charge is 0.369 e. The molecule has 3 aromatic rings. The van der Waals surface area contributed by atoms with Crippen LogP contribution in [0, 0.1) is 6.92 Å². The van der Waals surface area contributed by atoms with E-state index in [1.54, 1.807) is 18.5 Å². The molecule has 0 aliphatic carbocycles. The summed E-state index contributed by atoms with van der Waals surface area (Å²) in [4.78, 5) is 12.5. The van der Waals surface area contributed by atoms with Crippen LogP contribution in [0.25, 0.3) is 11.1 Å². The lowest BCUT2D eigenvalue weighted by Gasteiger charge is -2.06. The Morgan fingerprint density at radius 3 is 2.45 bits per heavy atom. The van der Waals surface area contributed by atoms with Crippen molar-refractivity contribution in [3.63, 3.8) is 0 Å². The van der Waals surface area contributed by atoms with Crippen molar-refractivity contribution in [3.8, 4) is 11.1 Å². The molecule has 5 heteroatoms. The number of hydrogen-bond donors (Lipinski definition) is 0. The van der Waals surface area contributed by atoms with Crippen molar-refractivity contribution in [2.75, 3.05) is 0 Å². The van der Waals surface area contributed by atoms with Gasteiger partial charge >= 0.3 is 6.03 Å². The van der Waals surface area contributed by atoms with Crippen molar-refractivity contribution in [1.29, 1.82) is 0 Å². The first-order valence-electron chi connectivity index (χ1n) is 7.29. The van der Waals surface area contributed by atoms with Crippen molar-refractivity contribution < 1.29 is 4.79 Å². The van der Waals surface area contributed by atoms with Gasteiger partial charge in [-0.05, 0) is 24.5 Å². The quantitative estimate of drug-likeness (QED) is 0.724. The molecule has 0 N–H and O–H groups in total. The van der Waals surface area contributed by atoms with Crippen LogP contribution >= 0.6 is 0 Å². The fourth-order valence-electron chi connectivity index (χ4n) is 2.55. The molecule has 0 atom stereocenters. The average molecular weight is 294 g/mol. The maximum atomic E-state index is 12.5. The van der Waals surface area contributed by atoms with Gasteiger partial charge in [-0.1, -0.05) is 44.2 Å². The Hall–Kier alpha value is -2.69. The summed E-state index contributed by atoms with van der Waals surface area (Å²) >= 11 is 0. The molecule has 0 fully saturated rings. The van der Waals surface area contributed by atoms with Crippen LogP contribution in [0.5, 0.6) is 0 Å². The summed E-state index contributed by atoms with van der Waals surface area (Å²) < 4.78 is 2.73. The third-order valence-electron chi connectivity index (χ3n) is 3.63. The number of nitrogens with zero attached hydrogens (tertiary/aromatic N) is 4. The Morgan fingerprint density at radius 1 is 1.14 bits per heavy atom. The first-order valence-corrected chi connectivity index (χ1v) is 7.29. The molecule has 0 saturated carbocycles. The van der Waals surface area contributed by atoms with E-state index < -0.39 is 0 Å². The number of rotatable bonds is 2. The smallest absolute Gasteiger partial charge is 0.244 e. The van der Waals surface area contributed by atoms with Crippen molar-refractivity contribution in [3.05, 3.63) is 60.2 Å². The van der Waals surface area contributed by atoms with E-state index in [1.165, 1.54) is 9.36 Å². The molecule has 0 aliphatic rings. The molecule has 0 radical (unpaired) electrons. The first-order chi connectivity index (χ1) is 10.6. The van der Waals surface area contributed by atoms with Crippen LogP contribution in [-0.2, 0) is 0 Å². The average Bonchev–Trinajstić information content (AvgIpc) is 3.15. The summed E-state index contributed by atoms with van der Waals surface area (Å²) in [5, 5.41) is 8.54. The summed E-state index contributed by atoms with van der Waals surface area (Å²) in [6.45, 7) is 6.08. The Kier molecular flexibility index (Phi) is 3.63. The van der Waals surface area contributed by atoms with Crippen molar-refractivity contribution >= 4 is 6.03 Å². The fraction of sp³-hybridized carbons (Fsp3) is 0.235. The summed E-state index contributed by atoms with van der Waals surface area (Å²) in [5.41, 5.74) is 3.85. The molecule has 5 nitrogen and oxygen atoms in total. The van der Waals surface area contributed by atoms with E-state index in [-0.39, 0.29) is 11.9 Å². The first kappa shape index (κ1) is 14.3. The second-order valence-electron chi connectivity index (χ2n) is 5.51. The zero-order valence-electron chi connectivity index (χ0n) is 12.9. The molecule has 0 spiro atoms. The van der Waals surface area contributed by atoms with Crippen LogP contribution in [0.2, 0.25) is 0 Å². The maximum absolute atomic E-state index is 12.5. The highest BCUT2D eigenvalue weighted by Crippen LogP contribution is 2.31. The molecule has 0 aliphatic heterocycles. The van der Waals surface area contributed by atoms with Gasteiger partial charge < -0.3 is 0 Å². The van der Waals surface area contributed by atoms with Gasteiger partial charge in [0.25, 0.3) is 0 Å². The highest BCUT2D eigenvalue weighted by atomic mass is 16.2. The number of carbonyl (C=O) groups excluding carboxylic acids is 1. The minimum absolute atomic E-state index is 0.223. The normalized spacial score (nSPS) is 11.1. The van der Waals surface area contributed by atoms with E-state index in [1.807, 2.05) is 37.3 Å². The van der Waals surface area contributed by atoms with E-state index in [0.29, 0.717) is 0 Å². The van der Waals surface area contributed by atoms with Gasteiger partial charge in [-0.25, -0.2) is 4.79 Å². The van der Waals surface area contributed by atoms with Crippen LogP contribution in [-0.4, -0.2) is 25.6 Å². The predicted octanol–water partition coefficient (Wildman–Crippen LogP) is 3.69. The number of carbonyl (C=O) groups is 1. The van der Waals surface area contributed by atoms with Gasteiger partial charge in [-0.3, -0.25) is 0 Å². The minimum atomic E-state index is -0.272. The fourth-order valence-corrected chi connectivity index (χ4v) is 2.55. The Balaban J connectivity index is 2.17. The lowest BCUT2D eigenvalue weighted by atomic mass is 9.98. The van der Waals surface area contributed by atoms with Crippen LogP contribution in [0.4, 0.5) is 4.79 Å². The van der Waals surface area contributed by atoms with Crippen LogP contribution in [0.1, 0.15) is 31.2 Å². The third kappa shape index (κ3) is 2.35. The van der Waals surface area contributed by atoms with Gasteiger partial charge in [-0.15, -0.1) is 0 Å². The molecule has 0 saturated heterocycles. The molecule has 2 aromatic heterocycles. The number of aromatic nitrogens is 4. The zero-order valence-corrected chi connectivity index (χ0v) is 12.9. The van der Waals surface area contributed by atoms with Crippen LogP contribution in [0.3, 0.4) is 0 Å². The van der Waals surface area contributed by atoms with Gasteiger partial charge in [0.15, 0.2) is 0 Å². The molecular formula is C17H18N4O. The summed E-state index contributed by atoms with van der Waals surface area (Å²) in [5.74, 6) is 0.223. The van der Waals surface area contributed by atoms with Crippen molar-refractivity contribution in [1.82, 2.24) is 19.6 Å². The Bertz CT molecular complexity index is 786. The van der Waals surface area contributed by atoms with Crippen molar-refractivity contribution in [2.45, 2.75) is 26.7 Å². The number of benzene rings is 1. The second kappa shape index (κ2) is 5.60. The lowest BCUT2D eigenvalue weighted by Crippen LogP contribution is -2.22. The Labute approximate surface area is 129 Å². The van der Waals surface area contributed by atoms with Gasteiger partial charge in [0.2, 0.25) is 0 Å². The molecule has 1 aromatic carbocycles. The van der Waals surface area contributed by atoms with E-state index in [9.17, 15) is 4.79 Å². The molecule has 3 rings (SSSR count). The SMILES string of the molecule is Cc1c(-c2ccccc2)c(C(C)C)nn1C(=O)n1cccn1. The molecule has 0 unspecified atom stereocenters. The summed E-state index contributed by atoms with van der Waals surface area (Å²) in [7, 11) is 0. The molecule has 0 bridgehead atoms. The van der Waals surface area contributed by atoms with Crippen molar-refractivity contribution in [2.24, 2.45) is 0 Å². The van der Waals surface area contributed by atoms with E-state index >= 15 is 0 Å². The molecule has 2 heterocycles. The van der Waals surface area contributed by atoms with Crippen LogP contribution in [0.15, 0.2) is 48.8 Å². The van der Waals surface area contributed by atoms with Gasteiger partial charge in [0, 0.05) is 18.0 Å². The highest BCUT2D eigenvalue weighted by molar-refractivity contribution is 5.81. The van der Waals surface area contributed by atoms with E-state index in [0.717, 1.165) is 22.5 Å². The third-order valence-corrected chi connectivity index (χ3v) is 3.63. The van der Waals surface area contributed by atoms with Gasteiger partial charge in [-0.2, -0.15) is 19.6 Å². The molecule has 22 heavy (non-hydrogen) atoms. The van der Waals surface area contributed by atoms with E-state index in [4.69, 9.17) is 0 Å². The summed E-state index contributed by atoms with van der Waals surface area (Å²) in [6.07, 6.45) is 3.21. The highest BCUT2D eigenvalue weighted by Gasteiger charge is 2.22. The van der Waals surface area contributed by atoms with E-state index in [2.05, 4.69) is 24.0 Å². The van der Waals surface area contributed by atoms with Gasteiger partial charge in [0.05, 0.1) is 11.4 Å². The Morgan fingerprint density at radius 2 is 1.86 bits per heavy atom. The molecule has 112 valence electrons. The lowest BCUT2D eigenvalue weighted by molar-refractivity contribution is 0.237. The monoisotopic (exact) mass is 294 g/mol. The van der Waals surface area contributed by atoms with Gasteiger partial charge in [0.1, 0.15) is 0 Å². The summed E-state index contributed by atoms with van der Waals surface area (Å²) in [6, 6.07) is 11.5. The molecular weight excluding hydrogens is 276 g/mol.